The molecule has 30 heavy (non-hydrogen) atoms. The molecular weight excluding hydrogens is 523 g/mol. The van der Waals surface area contributed by atoms with Crippen LogP contribution < -0.4 is 10.6 Å². The predicted molar refractivity (Wildman–Crippen MR) is 120 cm³/mol. The molecule has 4 atom stereocenters. The van der Waals surface area contributed by atoms with Crippen LogP contribution in [-0.2, 0) is 11.3 Å². The number of carbonyl (C=O) groups is 1. The van der Waals surface area contributed by atoms with Crippen molar-refractivity contribution in [2.45, 2.75) is 44.2 Å². The minimum Gasteiger partial charge on any atom is -0.388 e. The van der Waals surface area contributed by atoms with Gasteiger partial charge in [-0.25, -0.2) is 4.98 Å². The third-order valence-corrected chi connectivity index (χ3v) is 5.98. The van der Waals surface area contributed by atoms with Gasteiger partial charge in [-0.15, -0.1) is 0 Å². The summed E-state index contributed by atoms with van der Waals surface area (Å²) in [5, 5.41) is 26.8. The minimum atomic E-state index is -1.09. The van der Waals surface area contributed by atoms with Crippen molar-refractivity contribution in [3.8, 4) is 0 Å². The van der Waals surface area contributed by atoms with Crippen molar-refractivity contribution in [1.29, 1.82) is 0 Å². The number of anilines is 1. The van der Waals surface area contributed by atoms with Gasteiger partial charge in [-0.05, 0) is 58.3 Å². The summed E-state index contributed by atoms with van der Waals surface area (Å²) in [6.07, 6.45) is -0.300. The van der Waals surface area contributed by atoms with E-state index in [9.17, 15) is 15.0 Å². The number of halogens is 2. The summed E-state index contributed by atoms with van der Waals surface area (Å²) in [7, 11) is 0. The zero-order valence-corrected chi connectivity index (χ0v) is 18.9. The maximum Gasteiger partial charge on any atom is 0.226 e. The van der Waals surface area contributed by atoms with E-state index < -0.39 is 24.3 Å². The van der Waals surface area contributed by atoms with E-state index in [-0.39, 0.29) is 11.2 Å². The normalized spacial score (nSPS) is 23.6. The number of hydrogen-bond donors (Lipinski definition) is 4. The SMILES string of the molecule is CC(=O)N[C@H]1C[C@@H](n2cnc3c(NCc4cccc(I)c4)nc(Cl)nc32)[C@H](O)[C@@H]1O. The van der Waals surface area contributed by atoms with Gasteiger partial charge in [0.1, 0.15) is 12.2 Å². The summed E-state index contributed by atoms with van der Waals surface area (Å²) in [6, 6.07) is 6.98. The van der Waals surface area contributed by atoms with E-state index in [4.69, 9.17) is 11.6 Å². The highest BCUT2D eigenvalue weighted by atomic mass is 127. The van der Waals surface area contributed by atoms with Crippen molar-refractivity contribution in [3.05, 3.63) is 45.0 Å². The van der Waals surface area contributed by atoms with Crippen LogP contribution in [0.2, 0.25) is 5.28 Å². The molecule has 3 aromatic rings. The van der Waals surface area contributed by atoms with Gasteiger partial charge in [0.15, 0.2) is 17.0 Å². The van der Waals surface area contributed by atoms with E-state index in [2.05, 4.69) is 54.2 Å². The Balaban J connectivity index is 1.63. The zero-order valence-electron chi connectivity index (χ0n) is 16.0. The third kappa shape index (κ3) is 4.22. The number of imidazole rings is 1. The van der Waals surface area contributed by atoms with Crippen molar-refractivity contribution in [2.75, 3.05) is 5.32 Å². The molecule has 9 nitrogen and oxygen atoms in total. The van der Waals surface area contributed by atoms with Crippen LogP contribution in [0.25, 0.3) is 11.2 Å². The van der Waals surface area contributed by atoms with Crippen LogP contribution in [0.3, 0.4) is 0 Å². The van der Waals surface area contributed by atoms with Gasteiger partial charge in [0.05, 0.1) is 18.4 Å². The molecule has 1 fully saturated rings. The molecule has 4 rings (SSSR count). The number of nitrogens with zero attached hydrogens (tertiary/aromatic N) is 4. The quantitative estimate of drug-likeness (QED) is 0.287. The minimum absolute atomic E-state index is 0.0424. The van der Waals surface area contributed by atoms with E-state index in [0.717, 1.165) is 9.13 Å². The maximum absolute atomic E-state index is 11.4. The zero-order chi connectivity index (χ0) is 21.4. The largest absolute Gasteiger partial charge is 0.388 e. The van der Waals surface area contributed by atoms with Crippen LogP contribution in [0, 0.1) is 3.57 Å². The van der Waals surface area contributed by atoms with Gasteiger partial charge >= 0.3 is 0 Å². The highest BCUT2D eigenvalue weighted by molar-refractivity contribution is 14.1. The van der Waals surface area contributed by atoms with E-state index in [1.165, 1.54) is 6.92 Å². The van der Waals surface area contributed by atoms with E-state index >= 15 is 0 Å². The fourth-order valence-electron chi connectivity index (χ4n) is 3.78. The Bertz CT molecular complexity index is 1090. The molecule has 158 valence electrons. The van der Waals surface area contributed by atoms with E-state index in [0.29, 0.717) is 29.9 Å². The van der Waals surface area contributed by atoms with Crippen LogP contribution in [0.4, 0.5) is 5.82 Å². The average molecular weight is 543 g/mol. The van der Waals surface area contributed by atoms with Crippen LogP contribution in [0.5, 0.6) is 0 Å². The van der Waals surface area contributed by atoms with Gasteiger partial charge in [0.2, 0.25) is 11.2 Å². The first kappa shape index (κ1) is 21.2. The second kappa shape index (κ2) is 8.61. The number of aliphatic hydroxyl groups excluding tert-OH is 2. The number of rotatable bonds is 5. The Morgan fingerprint density at radius 1 is 1.33 bits per heavy atom. The van der Waals surface area contributed by atoms with E-state index in [1.807, 2.05) is 18.2 Å². The molecule has 1 aromatic carbocycles. The predicted octanol–water partition coefficient (Wildman–Crippen LogP) is 1.87. The summed E-state index contributed by atoms with van der Waals surface area (Å²) in [4.78, 5) is 24.4. The molecule has 11 heteroatoms. The van der Waals surface area contributed by atoms with Crippen molar-refractivity contribution in [2.24, 2.45) is 0 Å². The van der Waals surface area contributed by atoms with Crippen molar-refractivity contribution in [1.82, 2.24) is 24.8 Å². The first-order chi connectivity index (χ1) is 14.3. The van der Waals surface area contributed by atoms with Gasteiger partial charge in [-0.1, -0.05) is 12.1 Å². The molecule has 2 heterocycles. The Morgan fingerprint density at radius 2 is 2.13 bits per heavy atom. The lowest BCUT2D eigenvalue weighted by Crippen LogP contribution is -2.42. The molecule has 4 N–H and O–H groups in total. The van der Waals surface area contributed by atoms with Gasteiger partial charge in [0.25, 0.3) is 0 Å². The van der Waals surface area contributed by atoms with Crippen LogP contribution in [-0.4, -0.2) is 53.9 Å². The molecule has 1 amide bonds. The lowest BCUT2D eigenvalue weighted by molar-refractivity contribution is -0.120. The number of aliphatic hydroxyl groups is 2. The standard InChI is InChI=1S/C19H20ClIN6O3/c1-9(28)24-12-6-13(16(30)15(12)29)27-8-23-14-17(25-19(20)26-18(14)27)22-7-10-3-2-4-11(21)5-10/h2-5,8,12-13,15-16,29-30H,6-7H2,1H3,(H,24,28)(H,22,25,26)/t12-,13+,15+,16-/m0/s1. The molecule has 1 aliphatic carbocycles. The van der Waals surface area contributed by atoms with Crippen LogP contribution in [0.1, 0.15) is 24.9 Å². The molecule has 0 bridgehead atoms. The molecule has 1 aliphatic rings. The summed E-state index contributed by atoms with van der Waals surface area (Å²) >= 11 is 8.41. The average Bonchev–Trinajstić information content (AvgIpc) is 3.22. The highest BCUT2D eigenvalue weighted by Crippen LogP contribution is 2.34. The number of aromatic nitrogens is 4. The van der Waals surface area contributed by atoms with Crippen molar-refractivity contribution >= 4 is 57.1 Å². The molecule has 0 aliphatic heterocycles. The number of fused-ring (bicyclic) bond motifs is 1. The number of amides is 1. The molecule has 1 saturated carbocycles. The van der Waals surface area contributed by atoms with Crippen LogP contribution >= 0.6 is 34.2 Å². The topological polar surface area (TPSA) is 125 Å². The number of carbonyl (C=O) groups excluding carboxylic acids is 1. The Kier molecular flexibility index (Phi) is 6.09. The summed E-state index contributed by atoms with van der Waals surface area (Å²) in [5.74, 6) is 0.212. The van der Waals surface area contributed by atoms with Gasteiger partial charge in [-0.2, -0.15) is 9.97 Å². The van der Waals surface area contributed by atoms with Crippen molar-refractivity contribution < 1.29 is 15.0 Å². The smallest absolute Gasteiger partial charge is 0.226 e. The van der Waals surface area contributed by atoms with Crippen molar-refractivity contribution in [3.63, 3.8) is 0 Å². The number of hydrogen-bond acceptors (Lipinski definition) is 7. The molecule has 2 aromatic heterocycles. The Labute approximate surface area is 191 Å². The van der Waals surface area contributed by atoms with Gasteiger partial charge in [-0.3, -0.25) is 4.79 Å². The number of nitrogens with one attached hydrogen (secondary N) is 2. The summed E-state index contributed by atoms with van der Waals surface area (Å²) in [6.45, 7) is 1.90. The lowest BCUT2D eigenvalue weighted by atomic mass is 10.2. The monoisotopic (exact) mass is 542 g/mol. The molecule has 0 radical (unpaired) electrons. The molecular formula is C19H20ClIN6O3. The first-order valence-electron chi connectivity index (χ1n) is 9.35. The second-order valence-electron chi connectivity index (χ2n) is 7.24. The van der Waals surface area contributed by atoms with Crippen LogP contribution in [0.15, 0.2) is 30.6 Å². The third-order valence-electron chi connectivity index (χ3n) is 5.14. The second-order valence-corrected chi connectivity index (χ2v) is 8.82. The molecule has 0 spiro atoms. The Morgan fingerprint density at radius 3 is 2.87 bits per heavy atom. The molecule has 0 unspecified atom stereocenters. The van der Waals surface area contributed by atoms with Gasteiger partial charge < -0.3 is 25.4 Å². The molecule has 0 saturated heterocycles. The lowest BCUT2D eigenvalue weighted by Gasteiger charge is -2.18. The van der Waals surface area contributed by atoms with E-state index in [1.54, 1.807) is 10.9 Å². The summed E-state index contributed by atoms with van der Waals surface area (Å²) < 4.78 is 2.81. The first-order valence-corrected chi connectivity index (χ1v) is 10.8. The fraction of sp³-hybridized carbons (Fsp3) is 0.368. The fourth-order valence-corrected chi connectivity index (χ4v) is 4.55. The van der Waals surface area contributed by atoms with Gasteiger partial charge in [0, 0.05) is 17.0 Å². The Hall–Kier alpha value is -2.02. The highest BCUT2D eigenvalue weighted by Gasteiger charge is 2.43. The summed E-state index contributed by atoms with van der Waals surface area (Å²) in [5.41, 5.74) is 2.03. The number of benzene rings is 1. The maximum atomic E-state index is 11.4.